The van der Waals surface area contributed by atoms with Gasteiger partial charge in [-0.3, -0.25) is 0 Å². The Bertz CT molecular complexity index is 418. The molecular formula is C16H24O. The molecule has 0 amide bonds. The Morgan fingerprint density at radius 1 is 1.29 bits per heavy atom. The highest BCUT2D eigenvalue weighted by Gasteiger charge is 2.24. The molecule has 17 heavy (non-hydrogen) atoms. The van der Waals surface area contributed by atoms with Crippen molar-refractivity contribution in [3.63, 3.8) is 0 Å². The van der Waals surface area contributed by atoms with E-state index in [1.165, 1.54) is 30.4 Å². The van der Waals surface area contributed by atoms with Crippen LogP contribution in [0.1, 0.15) is 55.4 Å². The molecule has 1 heteroatoms. The molecule has 1 aromatic carbocycles. The summed E-state index contributed by atoms with van der Waals surface area (Å²) in [6, 6.07) is 2.23. The van der Waals surface area contributed by atoms with Crippen molar-refractivity contribution in [3.8, 4) is 5.75 Å². The van der Waals surface area contributed by atoms with Crippen LogP contribution in [-0.2, 0) is 12.8 Å². The average molecular weight is 232 g/mol. The predicted octanol–water partition coefficient (Wildman–Crippen LogP) is 4.25. The smallest absolute Gasteiger partial charge is 0.122 e. The highest BCUT2D eigenvalue weighted by molar-refractivity contribution is 5.52. The zero-order valence-electron chi connectivity index (χ0n) is 11.8. The number of hydrogen-bond donors (Lipinski definition) is 0. The minimum Gasteiger partial charge on any atom is -0.496 e. The Morgan fingerprint density at radius 3 is 2.59 bits per heavy atom. The molecule has 0 bridgehead atoms. The van der Waals surface area contributed by atoms with Gasteiger partial charge in [0.15, 0.2) is 0 Å². The molecule has 1 nitrogen and oxygen atoms in total. The third-order valence-corrected chi connectivity index (χ3v) is 4.02. The van der Waals surface area contributed by atoms with Crippen LogP contribution >= 0.6 is 0 Å². The first-order chi connectivity index (χ1) is 8.04. The van der Waals surface area contributed by atoms with E-state index in [9.17, 15) is 0 Å². The van der Waals surface area contributed by atoms with E-state index in [1.54, 1.807) is 18.2 Å². The van der Waals surface area contributed by atoms with Gasteiger partial charge in [0.1, 0.15) is 5.75 Å². The van der Waals surface area contributed by atoms with Crippen molar-refractivity contribution in [2.75, 3.05) is 7.11 Å². The highest BCUT2D eigenvalue weighted by Crippen LogP contribution is 2.39. The van der Waals surface area contributed by atoms with Crippen LogP contribution in [0.3, 0.4) is 0 Å². The lowest BCUT2D eigenvalue weighted by molar-refractivity contribution is 0.402. The van der Waals surface area contributed by atoms with Gasteiger partial charge in [0, 0.05) is 5.56 Å². The summed E-state index contributed by atoms with van der Waals surface area (Å²) in [4.78, 5) is 0. The summed E-state index contributed by atoms with van der Waals surface area (Å²) >= 11 is 0. The van der Waals surface area contributed by atoms with Gasteiger partial charge in [0.05, 0.1) is 7.11 Å². The maximum Gasteiger partial charge on any atom is 0.122 e. The molecule has 94 valence electrons. The fourth-order valence-corrected chi connectivity index (χ4v) is 3.14. The second-order valence-corrected chi connectivity index (χ2v) is 5.77. The number of methoxy groups -OCH3 is 1. The van der Waals surface area contributed by atoms with Crippen molar-refractivity contribution >= 4 is 0 Å². The molecule has 0 fully saturated rings. The summed E-state index contributed by atoms with van der Waals surface area (Å²) in [7, 11) is 1.79. The van der Waals surface area contributed by atoms with Crippen LogP contribution in [0.25, 0.3) is 0 Å². The summed E-state index contributed by atoms with van der Waals surface area (Å²) in [5.41, 5.74) is 6.02. The van der Waals surface area contributed by atoms with Gasteiger partial charge < -0.3 is 4.74 Å². The van der Waals surface area contributed by atoms with Crippen LogP contribution in [0.5, 0.6) is 5.75 Å². The van der Waals surface area contributed by atoms with Crippen molar-refractivity contribution in [2.45, 2.75) is 52.9 Å². The molecule has 0 radical (unpaired) electrons. The summed E-state index contributed by atoms with van der Waals surface area (Å²) in [5, 5.41) is 0. The normalized spacial score (nSPS) is 19.3. The Balaban J connectivity index is 2.62. The minimum absolute atomic E-state index is 0.546. The fourth-order valence-electron chi connectivity index (χ4n) is 3.14. The van der Waals surface area contributed by atoms with Gasteiger partial charge in [-0.25, -0.2) is 0 Å². The number of fused-ring (bicyclic) bond motifs is 1. The third-order valence-electron chi connectivity index (χ3n) is 4.02. The van der Waals surface area contributed by atoms with Gasteiger partial charge in [-0.15, -0.1) is 0 Å². The number of ether oxygens (including phenoxy) is 1. The number of rotatable bonds is 2. The zero-order chi connectivity index (χ0) is 12.6. The van der Waals surface area contributed by atoms with E-state index in [-0.39, 0.29) is 0 Å². The Morgan fingerprint density at radius 2 is 2.00 bits per heavy atom. The fraction of sp³-hybridized carbons (Fsp3) is 0.625. The number of benzene rings is 1. The van der Waals surface area contributed by atoms with E-state index in [2.05, 4.69) is 33.8 Å². The minimum atomic E-state index is 0.546. The second kappa shape index (κ2) is 4.72. The first kappa shape index (κ1) is 12.5. The molecule has 0 saturated carbocycles. The van der Waals surface area contributed by atoms with E-state index >= 15 is 0 Å². The Kier molecular flexibility index (Phi) is 3.46. The van der Waals surface area contributed by atoms with Crippen LogP contribution < -0.4 is 4.74 Å². The molecule has 0 N–H and O–H groups in total. The molecule has 0 spiro atoms. The first-order valence-electron chi connectivity index (χ1n) is 6.73. The quantitative estimate of drug-likeness (QED) is 0.740. The third kappa shape index (κ3) is 2.20. The monoisotopic (exact) mass is 232 g/mol. The number of hydrogen-bond acceptors (Lipinski definition) is 1. The van der Waals surface area contributed by atoms with Crippen molar-refractivity contribution in [1.82, 2.24) is 0 Å². The van der Waals surface area contributed by atoms with Gasteiger partial charge in [0.25, 0.3) is 0 Å². The van der Waals surface area contributed by atoms with Crippen molar-refractivity contribution in [2.24, 2.45) is 5.92 Å². The molecule has 1 atom stereocenters. The lowest BCUT2D eigenvalue weighted by Gasteiger charge is -2.28. The van der Waals surface area contributed by atoms with Gasteiger partial charge >= 0.3 is 0 Å². The molecule has 2 rings (SSSR count). The lowest BCUT2D eigenvalue weighted by atomic mass is 9.78. The van der Waals surface area contributed by atoms with Gasteiger partial charge in [-0.1, -0.05) is 20.8 Å². The number of aryl methyl sites for hydroxylation is 1. The van der Waals surface area contributed by atoms with Crippen molar-refractivity contribution in [1.29, 1.82) is 0 Å². The zero-order valence-corrected chi connectivity index (χ0v) is 11.8. The van der Waals surface area contributed by atoms with Gasteiger partial charge in [-0.2, -0.15) is 0 Å². The van der Waals surface area contributed by atoms with Gasteiger partial charge in [-0.05, 0) is 60.8 Å². The van der Waals surface area contributed by atoms with E-state index < -0.39 is 0 Å². The summed E-state index contributed by atoms with van der Waals surface area (Å²) in [6.07, 6.45) is 3.80. The maximum atomic E-state index is 5.59. The van der Waals surface area contributed by atoms with Crippen molar-refractivity contribution in [3.05, 3.63) is 28.3 Å². The molecule has 0 heterocycles. The highest BCUT2D eigenvalue weighted by atomic mass is 16.5. The van der Waals surface area contributed by atoms with Crippen LogP contribution in [0, 0.1) is 12.8 Å². The molecule has 0 aliphatic heterocycles. The molecule has 1 aliphatic carbocycles. The molecule has 1 aliphatic rings. The maximum absolute atomic E-state index is 5.59. The van der Waals surface area contributed by atoms with E-state index in [0.29, 0.717) is 5.92 Å². The van der Waals surface area contributed by atoms with Crippen LogP contribution in [0.15, 0.2) is 6.07 Å². The van der Waals surface area contributed by atoms with E-state index in [1.807, 2.05) is 0 Å². The summed E-state index contributed by atoms with van der Waals surface area (Å²) < 4.78 is 5.59. The molecule has 1 unspecified atom stereocenters. The van der Waals surface area contributed by atoms with Crippen LogP contribution in [0.4, 0.5) is 0 Å². The van der Waals surface area contributed by atoms with E-state index in [0.717, 1.165) is 11.7 Å². The second-order valence-electron chi connectivity index (χ2n) is 5.77. The van der Waals surface area contributed by atoms with Crippen LogP contribution in [-0.4, -0.2) is 7.11 Å². The molecule has 1 aromatic rings. The SMILES string of the molecule is COc1cc(C)c2c(c1C(C)C)CC(C)CC2. The largest absolute Gasteiger partial charge is 0.496 e. The average Bonchev–Trinajstić information content (AvgIpc) is 2.27. The molecular weight excluding hydrogens is 208 g/mol. The van der Waals surface area contributed by atoms with Crippen molar-refractivity contribution < 1.29 is 4.74 Å². The molecule has 0 saturated heterocycles. The van der Waals surface area contributed by atoms with Crippen LogP contribution in [0.2, 0.25) is 0 Å². The Labute approximate surface area is 105 Å². The summed E-state index contributed by atoms with van der Waals surface area (Å²) in [5.74, 6) is 2.45. The standard InChI is InChI=1S/C16H24O/c1-10(2)16-14-8-11(3)6-7-13(14)12(4)9-15(16)17-5/h9-11H,6-8H2,1-5H3. The lowest BCUT2D eigenvalue weighted by Crippen LogP contribution is -2.16. The van der Waals surface area contributed by atoms with E-state index in [4.69, 9.17) is 4.74 Å². The summed E-state index contributed by atoms with van der Waals surface area (Å²) in [6.45, 7) is 9.13. The topological polar surface area (TPSA) is 9.23 Å². The molecule has 0 aromatic heterocycles. The first-order valence-corrected chi connectivity index (χ1v) is 6.73. The predicted molar refractivity (Wildman–Crippen MR) is 73.0 cm³/mol. The van der Waals surface area contributed by atoms with Gasteiger partial charge in [0.2, 0.25) is 0 Å². The Hall–Kier alpha value is -0.980.